The summed E-state index contributed by atoms with van der Waals surface area (Å²) in [6.45, 7) is 5.99. The Hall–Kier alpha value is -0.160. The van der Waals surface area contributed by atoms with Crippen LogP contribution in [-0.4, -0.2) is 45.5 Å². The summed E-state index contributed by atoms with van der Waals surface area (Å²) in [4.78, 5) is 0. The second-order valence-electron chi connectivity index (χ2n) is 8.54. The molecule has 0 amide bonds. The first kappa shape index (κ1) is 26.8. The number of aliphatic hydroxyl groups is 3. The first-order valence-corrected chi connectivity index (χ1v) is 11.8. The van der Waals surface area contributed by atoms with Crippen molar-refractivity contribution < 1.29 is 19.8 Å². The van der Waals surface area contributed by atoms with Crippen LogP contribution in [0.2, 0.25) is 0 Å². The minimum Gasteiger partial charge on any atom is -0.347 e. The molecule has 0 aliphatic rings. The summed E-state index contributed by atoms with van der Waals surface area (Å²) >= 11 is 0. The molecule has 0 aliphatic heterocycles. The summed E-state index contributed by atoms with van der Waals surface area (Å²) in [7, 11) is 0. The van der Waals surface area contributed by atoms with Crippen LogP contribution in [0.3, 0.4) is 0 Å². The second kappa shape index (κ2) is 17.9. The predicted molar refractivity (Wildman–Crippen MR) is 115 cm³/mol. The van der Waals surface area contributed by atoms with Crippen LogP contribution in [0.15, 0.2) is 0 Å². The van der Waals surface area contributed by atoms with Crippen LogP contribution in [-0.2, 0) is 0 Å². The Morgan fingerprint density at radius 1 is 0.556 bits per heavy atom. The van der Waals surface area contributed by atoms with E-state index < -0.39 is 12.5 Å². The van der Waals surface area contributed by atoms with Crippen LogP contribution in [0.25, 0.3) is 0 Å². The van der Waals surface area contributed by atoms with Crippen molar-refractivity contribution >= 4 is 0 Å². The van der Waals surface area contributed by atoms with E-state index in [4.69, 9.17) is 0 Å². The monoisotopic (exact) mass is 388 g/mol. The van der Waals surface area contributed by atoms with Gasteiger partial charge < -0.3 is 15.3 Å². The topological polar surface area (TPSA) is 60.7 Å². The lowest BCUT2D eigenvalue weighted by molar-refractivity contribution is -1.02. The molecule has 0 fully saturated rings. The molecule has 0 aliphatic carbocycles. The zero-order chi connectivity index (χ0) is 20.4. The minimum atomic E-state index is -0.744. The zero-order valence-corrected chi connectivity index (χ0v) is 18.7. The van der Waals surface area contributed by atoms with Crippen molar-refractivity contribution in [3.8, 4) is 0 Å². The summed E-state index contributed by atoms with van der Waals surface area (Å²) in [5, 5.41) is 29.4. The third kappa shape index (κ3) is 12.8. The van der Waals surface area contributed by atoms with Gasteiger partial charge in [-0.15, -0.1) is 0 Å². The summed E-state index contributed by atoms with van der Waals surface area (Å²) < 4.78 is -0.0292. The van der Waals surface area contributed by atoms with E-state index in [-0.39, 0.29) is 11.2 Å². The summed E-state index contributed by atoms with van der Waals surface area (Å²) in [6, 6.07) is 0. The van der Waals surface area contributed by atoms with Gasteiger partial charge in [-0.2, -0.15) is 0 Å². The SMILES string of the molecule is CCCCCCCCCCCCCCCCCC[N+](CO)(C(C)O)C(C)O. The van der Waals surface area contributed by atoms with Crippen LogP contribution in [0.1, 0.15) is 124 Å². The Morgan fingerprint density at radius 3 is 1.11 bits per heavy atom. The average molecular weight is 389 g/mol. The highest BCUT2D eigenvalue weighted by Crippen LogP contribution is 2.19. The zero-order valence-electron chi connectivity index (χ0n) is 18.7. The fourth-order valence-electron chi connectivity index (χ4n) is 3.95. The van der Waals surface area contributed by atoms with Gasteiger partial charge in [-0.1, -0.05) is 96.8 Å². The molecule has 3 N–H and O–H groups in total. The standard InChI is InChI=1S/C23H50NO3/c1-4-5-6-7-8-9-10-11-12-13-14-15-16-17-18-19-20-24(21-25,22(2)26)23(3)27/h22-23,25-27H,4-21H2,1-3H3/q+1. The number of quaternary nitrogens is 1. The van der Waals surface area contributed by atoms with E-state index in [1.54, 1.807) is 13.8 Å². The Morgan fingerprint density at radius 2 is 0.852 bits per heavy atom. The molecule has 4 nitrogen and oxygen atoms in total. The molecule has 0 rings (SSSR count). The first-order valence-electron chi connectivity index (χ1n) is 11.8. The Balaban J connectivity index is 3.43. The Labute approximate surface area is 169 Å². The molecule has 0 heterocycles. The van der Waals surface area contributed by atoms with E-state index in [1.165, 1.54) is 89.9 Å². The van der Waals surface area contributed by atoms with E-state index >= 15 is 0 Å². The van der Waals surface area contributed by atoms with E-state index in [2.05, 4.69) is 6.92 Å². The lowest BCUT2D eigenvalue weighted by Crippen LogP contribution is -2.60. The van der Waals surface area contributed by atoms with Gasteiger partial charge in [0.15, 0.2) is 19.2 Å². The molecule has 0 spiro atoms. The largest absolute Gasteiger partial charge is 0.347 e. The van der Waals surface area contributed by atoms with Gasteiger partial charge in [0.1, 0.15) is 0 Å². The van der Waals surface area contributed by atoms with Gasteiger partial charge in [0.2, 0.25) is 0 Å². The van der Waals surface area contributed by atoms with Crippen LogP contribution in [0.5, 0.6) is 0 Å². The molecule has 0 saturated heterocycles. The van der Waals surface area contributed by atoms with E-state index in [9.17, 15) is 15.3 Å². The van der Waals surface area contributed by atoms with Gasteiger partial charge in [-0.3, -0.25) is 4.48 Å². The van der Waals surface area contributed by atoms with E-state index in [1.807, 2.05) is 0 Å². The van der Waals surface area contributed by atoms with Gasteiger partial charge in [0.05, 0.1) is 6.54 Å². The number of hydrogen-bond donors (Lipinski definition) is 3. The molecular weight excluding hydrogens is 338 g/mol. The molecule has 2 atom stereocenters. The molecule has 0 aromatic carbocycles. The van der Waals surface area contributed by atoms with Crippen molar-refractivity contribution in [3.63, 3.8) is 0 Å². The summed E-state index contributed by atoms with van der Waals surface area (Å²) in [5.41, 5.74) is 0. The number of rotatable bonds is 20. The fourth-order valence-corrected chi connectivity index (χ4v) is 3.95. The Kier molecular flexibility index (Phi) is 17.8. The highest BCUT2D eigenvalue weighted by Gasteiger charge is 2.36. The maximum Gasteiger partial charge on any atom is 0.191 e. The van der Waals surface area contributed by atoms with Crippen molar-refractivity contribution in [2.75, 3.05) is 13.3 Å². The van der Waals surface area contributed by atoms with E-state index in [0.717, 1.165) is 12.8 Å². The highest BCUT2D eigenvalue weighted by molar-refractivity contribution is 4.51. The smallest absolute Gasteiger partial charge is 0.191 e. The van der Waals surface area contributed by atoms with Crippen molar-refractivity contribution in [3.05, 3.63) is 0 Å². The molecular formula is C23H50NO3+. The molecule has 0 radical (unpaired) electrons. The van der Waals surface area contributed by atoms with E-state index in [0.29, 0.717) is 6.54 Å². The average Bonchev–Trinajstić information content (AvgIpc) is 2.64. The van der Waals surface area contributed by atoms with Crippen molar-refractivity contribution in [1.82, 2.24) is 0 Å². The molecule has 164 valence electrons. The maximum absolute atomic E-state index is 9.91. The van der Waals surface area contributed by atoms with Crippen molar-refractivity contribution in [2.45, 2.75) is 136 Å². The lowest BCUT2D eigenvalue weighted by atomic mass is 10.0. The first-order chi connectivity index (χ1) is 13.0. The molecule has 0 aromatic rings. The fraction of sp³-hybridized carbons (Fsp3) is 1.00. The number of aliphatic hydroxyl groups excluding tert-OH is 3. The van der Waals surface area contributed by atoms with Gasteiger partial charge in [0, 0.05) is 13.8 Å². The Bertz CT molecular complexity index is 300. The quantitative estimate of drug-likeness (QED) is 0.143. The van der Waals surface area contributed by atoms with Gasteiger partial charge in [0.25, 0.3) is 0 Å². The van der Waals surface area contributed by atoms with Crippen molar-refractivity contribution in [1.29, 1.82) is 0 Å². The van der Waals surface area contributed by atoms with Crippen LogP contribution in [0.4, 0.5) is 0 Å². The lowest BCUT2D eigenvalue weighted by Gasteiger charge is -2.41. The molecule has 2 unspecified atom stereocenters. The third-order valence-corrected chi connectivity index (χ3v) is 6.18. The predicted octanol–water partition coefficient (Wildman–Crippen LogP) is 5.69. The van der Waals surface area contributed by atoms with Gasteiger partial charge in [-0.05, 0) is 12.8 Å². The number of unbranched alkanes of at least 4 members (excludes halogenated alkanes) is 15. The van der Waals surface area contributed by atoms with Crippen molar-refractivity contribution in [2.24, 2.45) is 0 Å². The van der Waals surface area contributed by atoms with Gasteiger partial charge in [-0.25, -0.2) is 0 Å². The molecule has 27 heavy (non-hydrogen) atoms. The third-order valence-electron chi connectivity index (χ3n) is 6.18. The van der Waals surface area contributed by atoms with Crippen LogP contribution < -0.4 is 0 Å². The molecule has 4 heteroatoms. The summed E-state index contributed by atoms with van der Waals surface area (Å²) in [6.07, 6.45) is 19.8. The normalized spacial score (nSPS) is 16.2. The van der Waals surface area contributed by atoms with Gasteiger partial charge >= 0.3 is 0 Å². The highest BCUT2D eigenvalue weighted by atomic mass is 16.4. The maximum atomic E-state index is 9.91. The molecule has 0 bridgehead atoms. The van der Waals surface area contributed by atoms with Crippen LogP contribution in [0, 0.1) is 0 Å². The number of hydrogen-bond acceptors (Lipinski definition) is 3. The molecule has 0 aromatic heterocycles. The molecule has 0 saturated carbocycles. The summed E-state index contributed by atoms with van der Waals surface area (Å²) in [5.74, 6) is 0. The number of nitrogens with zero attached hydrogens (tertiary/aromatic N) is 1. The minimum absolute atomic E-state index is 0.0292. The van der Waals surface area contributed by atoms with Crippen LogP contribution >= 0.6 is 0 Å². The second-order valence-corrected chi connectivity index (χ2v) is 8.54.